The lowest BCUT2D eigenvalue weighted by Gasteiger charge is -2.32. The molecule has 0 atom stereocenters. The maximum atomic E-state index is 13.2. The first-order valence-electron chi connectivity index (χ1n) is 7.16. The van der Waals surface area contributed by atoms with E-state index >= 15 is 0 Å². The summed E-state index contributed by atoms with van der Waals surface area (Å²) >= 11 is 3.29. The molecule has 0 saturated carbocycles. The summed E-state index contributed by atoms with van der Waals surface area (Å²) in [6.45, 7) is 9.10. The summed E-state index contributed by atoms with van der Waals surface area (Å²) in [6, 6.07) is 4.45. The maximum absolute atomic E-state index is 13.2. The highest BCUT2D eigenvalue weighted by Crippen LogP contribution is 2.22. The molecule has 0 spiro atoms. The Balaban J connectivity index is 3.09. The van der Waals surface area contributed by atoms with Crippen LogP contribution in [0.2, 0.25) is 0 Å². The van der Waals surface area contributed by atoms with Crippen molar-refractivity contribution in [2.75, 3.05) is 6.54 Å². The molecule has 0 aliphatic rings. The average molecular weight is 344 g/mol. The van der Waals surface area contributed by atoms with E-state index in [4.69, 9.17) is 0 Å². The maximum Gasteiger partial charge on any atom is 0.255 e. The van der Waals surface area contributed by atoms with Crippen LogP contribution < -0.4 is 0 Å². The largest absolute Gasteiger partial charge is 0.335 e. The van der Waals surface area contributed by atoms with E-state index in [1.807, 2.05) is 4.90 Å². The molecule has 4 heteroatoms. The Labute approximate surface area is 129 Å². The summed E-state index contributed by atoms with van der Waals surface area (Å²) in [4.78, 5) is 14.7. The number of carbonyl (C=O) groups is 1. The molecular weight excluding hydrogens is 321 g/mol. The topological polar surface area (TPSA) is 20.3 Å². The lowest BCUT2D eigenvalue weighted by Crippen LogP contribution is -2.42. The number of hydrogen-bond donors (Lipinski definition) is 0. The summed E-state index contributed by atoms with van der Waals surface area (Å²) in [5.41, 5.74) is 0.527. The molecule has 0 bridgehead atoms. The first-order valence-corrected chi connectivity index (χ1v) is 7.95. The predicted octanol–water partition coefficient (Wildman–Crippen LogP) is 4.88. The number of amides is 1. The molecule has 0 aliphatic heterocycles. The fraction of sp³-hybridized carbons (Fsp3) is 0.562. The van der Waals surface area contributed by atoms with Gasteiger partial charge in [0, 0.05) is 17.1 Å². The summed E-state index contributed by atoms with van der Waals surface area (Å²) in [7, 11) is 0. The SMILES string of the molecule is CCC(CC)N(CC(C)C)C(=O)c1ccc(F)cc1Br. The molecule has 0 N–H and O–H groups in total. The van der Waals surface area contributed by atoms with E-state index in [-0.39, 0.29) is 17.8 Å². The van der Waals surface area contributed by atoms with Gasteiger partial charge in [0.05, 0.1) is 5.56 Å². The van der Waals surface area contributed by atoms with Gasteiger partial charge in [-0.05, 0) is 52.9 Å². The second kappa shape index (κ2) is 7.77. The van der Waals surface area contributed by atoms with Crippen LogP contribution in [0.25, 0.3) is 0 Å². The highest BCUT2D eigenvalue weighted by Gasteiger charge is 2.24. The third kappa shape index (κ3) is 4.30. The van der Waals surface area contributed by atoms with Crippen LogP contribution in [0.1, 0.15) is 50.9 Å². The zero-order valence-corrected chi connectivity index (χ0v) is 14.2. The summed E-state index contributed by atoms with van der Waals surface area (Å²) in [6.07, 6.45) is 1.85. The van der Waals surface area contributed by atoms with Crippen molar-refractivity contribution in [3.05, 3.63) is 34.1 Å². The summed E-state index contributed by atoms with van der Waals surface area (Å²) in [5, 5.41) is 0. The first-order chi connectivity index (χ1) is 9.40. The minimum atomic E-state index is -0.341. The number of carbonyl (C=O) groups excluding carboxylic acids is 1. The summed E-state index contributed by atoms with van der Waals surface area (Å²) < 4.78 is 13.7. The molecule has 0 radical (unpaired) electrons. The van der Waals surface area contributed by atoms with Crippen molar-refractivity contribution in [1.82, 2.24) is 4.90 Å². The fourth-order valence-electron chi connectivity index (χ4n) is 2.34. The molecule has 0 saturated heterocycles. The van der Waals surface area contributed by atoms with E-state index in [0.717, 1.165) is 19.4 Å². The Morgan fingerprint density at radius 3 is 2.35 bits per heavy atom. The van der Waals surface area contributed by atoms with Gasteiger partial charge in [-0.25, -0.2) is 4.39 Å². The van der Waals surface area contributed by atoms with Crippen molar-refractivity contribution in [3.8, 4) is 0 Å². The van der Waals surface area contributed by atoms with Crippen LogP contribution in [-0.2, 0) is 0 Å². The minimum Gasteiger partial charge on any atom is -0.335 e. The van der Waals surface area contributed by atoms with Crippen LogP contribution in [0.4, 0.5) is 4.39 Å². The Morgan fingerprint density at radius 1 is 1.30 bits per heavy atom. The Morgan fingerprint density at radius 2 is 1.90 bits per heavy atom. The van der Waals surface area contributed by atoms with Crippen LogP contribution >= 0.6 is 15.9 Å². The second-order valence-electron chi connectivity index (χ2n) is 5.45. The molecule has 0 unspecified atom stereocenters. The van der Waals surface area contributed by atoms with Crippen LogP contribution in [0.15, 0.2) is 22.7 Å². The monoisotopic (exact) mass is 343 g/mol. The Hall–Kier alpha value is -0.900. The van der Waals surface area contributed by atoms with Crippen LogP contribution in [0.5, 0.6) is 0 Å². The lowest BCUT2D eigenvalue weighted by atomic mass is 10.1. The first kappa shape index (κ1) is 17.2. The van der Waals surface area contributed by atoms with Crippen LogP contribution in [-0.4, -0.2) is 23.4 Å². The van der Waals surface area contributed by atoms with Gasteiger partial charge in [0.2, 0.25) is 0 Å². The smallest absolute Gasteiger partial charge is 0.255 e. The Bertz CT molecular complexity index is 458. The highest BCUT2D eigenvalue weighted by molar-refractivity contribution is 9.10. The van der Waals surface area contributed by atoms with E-state index in [9.17, 15) is 9.18 Å². The van der Waals surface area contributed by atoms with Gasteiger partial charge in [-0.3, -0.25) is 4.79 Å². The van der Waals surface area contributed by atoms with Gasteiger partial charge in [0.1, 0.15) is 5.82 Å². The molecular formula is C16H23BrFNO. The minimum absolute atomic E-state index is 0.0284. The zero-order chi connectivity index (χ0) is 15.3. The van der Waals surface area contributed by atoms with Crippen LogP contribution in [0.3, 0.4) is 0 Å². The van der Waals surface area contributed by atoms with E-state index in [0.29, 0.717) is 16.0 Å². The molecule has 20 heavy (non-hydrogen) atoms. The fourth-order valence-corrected chi connectivity index (χ4v) is 2.86. The van der Waals surface area contributed by atoms with Crippen molar-refractivity contribution < 1.29 is 9.18 Å². The number of halogens is 2. The molecule has 0 aliphatic carbocycles. The van der Waals surface area contributed by atoms with Crippen LogP contribution in [0, 0.1) is 11.7 Å². The van der Waals surface area contributed by atoms with Gasteiger partial charge < -0.3 is 4.90 Å². The molecule has 1 aromatic rings. The molecule has 2 nitrogen and oxygen atoms in total. The molecule has 0 aromatic heterocycles. The molecule has 0 heterocycles. The van der Waals surface area contributed by atoms with Gasteiger partial charge in [-0.2, -0.15) is 0 Å². The predicted molar refractivity (Wildman–Crippen MR) is 84.3 cm³/mol. The van der Waals surface area contributed by atoms with Gasteiger partial charge in [-0.15, -0.1) is 0 Å². The number of rotatable bonds is 6. The Kier molecular flexibility index (Phi) is 6.66. The van der Waals surface area contributed by atoms with Crippen molar-refractivity contribution >= 4 is 21.8 Å². The highest BCUT2D eigenvalue weighted by atomic mass is 79.9. The van der Waals surface area contributed by atoms with Crippen molar-refractivity contribution in [2.24, 2.45) is 5.92 Å². The lowest BCUT2D eigenvalue weighted by molar-refractivity contribution is 0.0639. The van der Waals surface area contributed by atoms with Gasteiger partial charge in [0.25, 0.3) is 5.91 Å². The van der Waals surface area contributed by atoms with Gasteiger partial charge in [0.15, 0.2) is 0 Å². The quantitative estimate of drug-likeness (QED) is 0.721. The molecule has 1 aromatic carbocycles. The number of hydrogen-bond acceptors (Lipinski definition) is 1. The van der Waals surface area contributed by atoms with E-state index < -0.39 is 0 Å². The number of nitrogens with zero attached hydrogens (tertiary/aromatic N) is 1. The standard InChI is InChI=1S/C16H23BrFNO/c1-5-13(6-2)19(10-11(3)4)16(20)14-8-7-12(18)9-15(14)17/h7-9,11,13H,5-6,10H2,1-4H3. The molecule has 0 fully saturated rings. The van der Waals surface area contributed by atoms with Gasteiger partial charge >= 0.3 is 0 Å². The molecule has 1 rings (SSSR count). The van der Waals surface area contributed by atoms with E-state index in [1.165, 1.54) is 12.1 Å². The molecule has 1 amide bonds. The van der Waals surface area contributed by atoms with E-state index in [2.05, 4.69) is 43.6 Å². The molecule has 112 valence electrons. The second-order valence-corrected chi connectivity index (χ2v) is 6.30. The number of benzene rings is 1. The normalized spacial score (nSPS) is 11.2. The van der Waals surface area contributed by atoms with Crippen molar-refractivity contribution in [3.63, 3.8) is 0 Å². The zero-order valence-electron chi connectivity index (χ0n) is 12.6. The van der Waals surface area contributed by atoms with Gasteiger partial charge in [-0.1, -0.05) is 27.7 Å². The average Bonchev–Trinajstić information content (AvgIpc) is 2.37. The van der Waals surface area contributed by atoms with Crippen molar-refractivity contribution in [2.45, 2.75) is 46.6 Å². The third-order valence-corrected chi connectivity index (χ3v) is 4.02. The summed E-state index contributed by atoms with van der Waals surface area (Å²) in [5.74, 6) is 0.0319. The van der Waals surface area contributed by atoms with Crippen molar-refractivity contribution in [1.29, 1.82) is 0 Å². The van der Waals surface area contributed by atoms with E-state index in [1.54, 1.807) is 6.07 Å². The third-order valence-electron chi connectivity index (χ3n) is 3.37.